The highest BCUT2D eigenvalue weighted by molar-refractivity contribution is 5.97. The summed E-state index contributed by atoms with van der Waals surface area (Å²) < 4.78 is 5.32. The van der Waals surface area contributed by atoms with E-state index in [1.165, 1.54) is 5.56 Å². The summed E-state index contributed by atoms with van der Waals surface area (Å²) >= 11 is 0. The van der Waals surface area contributed by atoms with E-state index in [-0.39, 0.29) is 5.91 Å². The zero-order valence-corrected chi connectivity index (χ0v) is 17.3. The Morgan fingerprint density at radius 3 is 2.34 bits per heavy atom. The maximum absolute atomic E-state index is 12.8. The van der Waals surface area contributed by atoms with E-state index in [1.807, 2.05) is 41.3 Å². The molecule has 0 atom stereocenters. The summed E-state index contributed by atoms with van der Waals surface area (Å²) in [5.41, 5.74) is 1.73. The van der Waals surface area contributed by atoms with Gasteiger partial charge in [-0.15, -0.1) is 0 Å². The SMILES string of the molecule is COc1ccccc1C(=O)N1CCN(Cc2ccc(C#CC(C)(C)O)cc2)CC1. The number of methoxy groups -OCH3 is 1. The maximum atomic E-state index is 12.8. The van der Waals surface area contributed by atoms with Crippen molar-refractivity contribution in [2.45, 2.75) is 26.0 Å². The number of carbonyl (C=O) groups is 1. The van der Waals surface area contributed by atoms with E-state index in [9.17, 15) is 9.90 Å². The van der Waals surface area contributed by atoms with Gasteiger partial charge in [0.2, 0.25) is 0 Å². The van der Waals surface area contributed by atoms with E-state index < -0.39 is 5.60 Å². The van der Waals surface area contributed by atoms with Crippen molar-refractivity contribution in [3.63, 3.8) is 0 Å². The molecule has 1 N–H and O–H groups in total. The molecule has 0 unspecified atom stereocenters. The van der Waals surface area contributed by atoms with Gasteiger partial charge in [-0.1, -0.05) is 36.1 Å². The molecule has 1 fully saturated rings. The molecule has 29 heavy (non-hydrogen) atoms. The van der Waals surface area contributed by atoms with Gasteiger partial charge >= 0.3 is 0 Å². The number of hydrogen-bond donors (Lipinski definition) is 1. The first-order chi connectivity index (χ1) is 13.9. The highest BCUT2D eigenvalue weighted by atomic mass is 16.5. The highest BCUT2D eigenvalue weighted by Crippen LogP contribution is 2.20. The molecule has 1 aliphatic heterocycles. The van der Waals surface area contributed by atoms with Crippen LogP contribution in [-0.4, -0.2) is 59.7 Å². The van der Waals surface area contributed by atoms with E-state index in [0.29, 0.717) is 24.4 Å². The van der Waals surface area contributed by atoms with Crippen molar-refractivity contribution in [2.75, 3.05) is 33.3 Å². The van der Waals surface area contributed by atoms with Gasteiger partial charge in [-0.2, -0.15) is 0 Å². The fourth-order valence-corrected chi connectivity index (χ4v) is 3.28. The van der Waals surface area contributed by atoms with Gasteiger partial charge in [-0.25, -0.2) is 0 Å². The lowest BCUT2D eigenvalue weighted by Crippen LogP contribution is -2.48. The molecule has 1 amide bonds. The standard InChI is InChI=1S/C24H28N2O3/c1-24(2,28)13-12-19-8-10-20(11-9-19)18-25-14-16-26(17-15-25)23(27)21-6-4-5-7-22(21)29-3/h4-11,28H,14-18H2,1-3H3. The van der Waals surface area contributed by atoms with Crippen LogP contribution in [0.4, 0.5) is 0 Å². The Labute approximate surface area is 172 Å². The van der Waals surface area contributed by atoms with Crippen molar-refractivity contribution in [3.8, 4) is 17.6 Å². The van der Waals surface area contributed by atoms with Crippen LogP contribution in [0, 0.1) is 11.8 Å². The van der Waals surface area contributed by atoms with Crippen LogP contribution in [0.15, 0.2) is 48.5 Å². The summed E-state index contributed by atoms with van der Waals surface area (Å²) in [5, 5.41) is 9.70. The first-order valence-electron chi connectivity index (χ1n) is 9.85. The number of hydrogen-bond acceptors (Lipinski definition) is 4. The molecule has 1 saturated heterocycles. The van der Waals surface area contributed by atoms with Crippen LogP contribution in [0.5, 0.6) is 5.75 Å². The van der Waals surface area contributed by atoms with Crippen molar-refractivity contribution in [1.82, 2.24) is 9.80 Å². The number of carbonyl (C=O) groups excluding carboxylic acids is 1. The fourth-order valence-electron chi connectivity index (χ4n) is 3.28. The second-order valence-electron chi connectivity index (χ2n) is 7.77. The molecular weight excluding hydrogens is 364 g/mol. The summed E-state index contributed by atoms with van der Waals surface area (Å²) in [5.74, 6) is 6.46. The van der Waals surface area contributed by atoms with Gasteiger partial charge in [-0.3, -0.25) is 9.69 Å². The first kappa shape index (κ1) is 20.9. The number of aliphatic hydroxyl groups is 1. The Hall–Kier alpha value is -2.81. The minimum atomic E-state index is -0.987. The maximum Gasteiger partial charge on any atom is 0.257 e. The van der Waals surface area contributed by atoms with Crippen molar-refractivity contribution >= 4 is 5.91 Å². The molecule has 2 aromatic carbocycles. The second-order valence-corrected chi connectivity index (χ2v) is 7.77. The van der Waals surface area contributed by atoms with Gasteiger partial charge in [0.15, 0.2) is 0 Å². The highest BCUT2D eigenvalue weighted by Gasteiger charge is 2.24. The molecule has 0 aliphatic carbocycles. The Bertz CT molecular complexity index is 896. The van der Waals surface area contributed by atoms with Crippen LogP contribution in [0.3, 0.4) is 0 Å². The van der Waals surface area contributed by atoms with E-state index in [2.05, 4.69) is 28.9 Å². The average molecular weight is 392 g/mol. The van der Waals surface area contributed by atoms with Gasteiger partial charge in [0.1, 0.15) is 11.4 Å². The minimum absolute atomic E-state index is 0.0248. The number of ether oxygens (including phenoxy) is 1. The van der Waals surface area contributed by atoms with Gasteiger partial charge in [0.05, 0.1) is 12.7 Å². The number of benzene rings is 2. The zero-order valence-electron chi connectivity index (χ0n) is 17.3. The molecule has 5 heteroatoms. The van der Waals surface area contributed by atoms with Crippen molar-refractivity contribution in [2.24, 2.45) is 0 Å². The van der Waals surface area contributed by atoms with Crippen molar-refractivity contribution in [3.05, 3.63) is 65.2 Å². The average Bonchev–Trinajstić information content (AvgIpc) is 2.73. The lowest BCUT2D eigenvalue weighted by atomic mass is 10.1. The third kappa shape index (κ3) is 5.83. The molecule has 0 spiro atoms. The van der Waals surface area contributed by atoms with E-state index in [4.69, 9.17) is 4.74 Å². The quantitative estimate of drug-likeness (QED) is 0.813. The number of nitrogens with zero attached hydrogens (tertiary/aromatic N) is 2. The molecule has 0 radical (unpaired) electrons. The Morgan fingerprint density at radius 2 is 1.72 bits per heavy atom. The molecule has 2 aromatic rings. The molecule has 3 rings (SSSR count). The summed E-state index contributed by atoms with van der Waals surface area (Å²) in [7, 11) is 1.59. The Morgan fingerprint density at radius 1 is 1.07 bits per heavy atom. The first-order valence-corrected chi connectivity index (χ1v) is 9.85. The van der Waals surface area contributed by atoms with Crippen LogP contribution in [0.2, 0.25) is 0 Å². The van der Waals surface area contributed by atoms with E-state index in [1.54, 1.807) is 21.0 Å². The topological polar surface area (TPSA) is 53.0 Å². The second kappa shape index (κ2) is 9.13. The number of amides is 1. The molecule has 0 bridgehead atoms. The molecule has 1 heterocycles. The molecular formula is C24H28N2O3. The molecule has 1 aliphatic rings. The largest absolute Gasteiger partial charge is 0.496 e. The molecule has 0 saturated carbocycles. The smallest absolute Gasteiger partial charge is 0.257 e. The number of piperazine rings is 1. The lowest BCUT2D eigenvalue weighted by Gasteiger charge is -2.35. The van der Waals surface area contributed by atoms with Crippen molar-refractivity contribution < 1.29 is 14.6 Å². The predicted octanol–water partition coefficient (Wildman–Crippen LogP) is 2.78. The van der Waals surface area contributed by atoms with Gasteiger partial charge < -0.3 is 14.7 Å². The van der Waals surface area contributed by atoms with E-state index in [0.717, 1.165) is 25.2 Å². The van der Waals surface area contributed by atoms with Crippen LogP contribution in [0.25, 0.3) is 0 Å². The zero-order chi connectivity index (χ0) is 20.9. The third-order valence-corrected chi connectivity index (χ3v) is 4.87. The number of para-hydroxylation sites is 1. The Balaban J connectivity index is 1.54. The van der Waals surface area contributed by atoms with Gasteiger partial charge in [-0.05, 0) is 43.7 Å². The summed E-state index contributed by atoms with van der Waals surface area (Å²) in [6.45, 7) is 7.26. The summed E-state index contributed by atoms with van der Waals surface area (Å²) in [6.07, 6.45) is 0. The van der Waals surface area contributed by atoms with Crippen LogP contribution < -0.4 is 4.74 Å². The summed E-state index contributed by atoms with van der Waals surface area (Å²) in [6, 6.07) is 15.5. The van der Waals surface area contributed by atoms with Gasteiger partial charge in [0.25, 0.3) is 5.91 Å². The minimum Gasteiger partial charge on any atom is -0.496 e. The fraction of sp³-hybridized carbons (Fsp3) is 0.375. The monoisotopic (exact) mass is 392 g/mol. The normalized spacial score (nSPS) is 14.8. The van der Waals surface area contributed by atoms with Gasteiger partial charge in [0, 0.05) is 38.3 Å². The van der Waals surface area contributed by atoms with Crippen LogP contribution in [0.1, 0.15) is 35.3 Å². The molecule has 5 nitrogen and oxygen atoms in total. The van der Waals surface area contributed by atoms with Crippen LogP contribution in [-0.2, 0) is 6.54 Å². The number of rotatable bonds is 4. The summed E-state index contributed by atoms with van der Waals surface area (Å²) in [4.78, 5) is 17.1. The van der Waals surface area contributed by atoms with E-state index >= 15 is 0 Å². The lowest BCUT2D eigenvalue weighted by molar-refractivity contribution is 0.0625. The van der Waals surface area contributed by atoms with Crippen LogP contribution >= 0.6 is 0 Å². The Kier molecular flexibility index (Phi) is 6.58. The molecule has 0 aromatic heterocycles. The molecule has 152 valence electrons. The third-order valence-electron chi connectivity index (χ3n) is 4.87. The van der Waals surface area contributed by atoms with Crippen molar-refractivity contribution in [1.29, 1.82) is 0 Å². The predicted molar refractivity (Wildman–Crippen MR) is 114 cm³/mol.